The van der Waals surface area contributed by atoms with Crippen LogP contribution in [-0.2, 0) is 14.6 Å². The third-order valence-electron chi connectivity index (χ3n) is 3.32. The summed E-state index contributed by atoms with van der Waals surface area (Å²) < 4.78 is 30.6. The molecule has 0 aromatic heterocycles. The Morgan fingerprint density at radius 3 is 2.24 bits per heavy atom. The lowest BCUT2D eigenvalue weighted by Gasteiger charge is -2.14. The summed E-state index contributed by atoms with van der Waals surface area (Å²) in [5.74, 6) is 0.460. The van der Waals surface area contributed by atoms with Gasteiger partial charge in [-0.1, -0.05) is 44.2 Å². The fraction of sp³-hybridized carbons (Fsp3) is 0.412. The van der Waals surface area contributed by atoms with E-state index in [4.69, 9.17) is 4.74 Å². The minimum atomic E-state index is -3.39. The normalized spacial score (nSPS) is 11.0. The van der Waals surface area contributed by atoms with Crippen molar-refractivity contribution >= 4 is 9.84 Å². The molecule has 0 bridgehead atoms. The van der Waals surface area contributed by atoms with E-state index < -0.39 is 9.84 Å². The zero-order valence-electron chi connectivity index (χ0n) is 13.1. The van der Waals surface area contributed by atoms with Crippen LogP contribution in [0.15, 0.2) is 53.1 Å². The molecule has 0 aliphatic carbocycles. The summed E-state index contributed by atoms with van der Waals surface area (Å²) in [5, 5.41) is 0. The van der Waals surface area contributed by atoms with Crippen molar-refractivity contribution in [2.75, 3.05) is 12.4 Å². The van der Waals surface area contributed by atoms with Crippen LogP contribution >= 0.6 is 0 Å². The van der Waals surface area contributed by atoms with Crippen LogP contribution in [0, 0.1) is 6.92 Å². The highest BCUT2D eigenvalue weighted by atomic mass is 32.2. The van der Waals surface area contributed by atoms with Crippen molar-refractivity contribution in [1.82, 2.24) is 0 Å². The predicted octanol–water partition coefficient (Wildman–Crippen LogP) is 4.05. The second kappa shape index (κ2) is 8.03. The lowest BCUT2D eigenvalue weighted by atomic mass is 10.1. The van der Waals surface area contributed by atoms with Gasteiger partial charge in [0.2, 0.25) is 0 Å². The van der Waals surface area contributed by atoms with E-state index in [0.717, 1.165) is 24.0 Å². The maximum absolute atomic E-state index is 12.5. The number of hydrogen-bond donors (Lipinski definition) is 0. The number of hydrogen-bond acceptors (Lipinski definition) is 3. The quantitative estimate of drug-likeness (QED) is 0.537. The van der Waals surface area contributed by atoms with Gasteiger partial charge in [0, 0.05) is 0 Å². The summed E-state index contributed by atoms with van der Waals surface area (Å²) in [6.45, 7) is 9.88. The van der Waals surface area contributed by atoms with Crippen molar-refractivity contribution in [2.24, 2.45) is 0 Å². The Morgan fingerprint density at radius 1 is 1.19 bits per heavy atom. The van der Waals surface area contributed by atoms with E-state index in [-0.39, 0.29) is 5.75 Å². The first-order valence-corrected chi connectivity index (χ1v) is 8.83. The average molecular weight is 308 g/mol. The van der Waals surface area contributed by atoms with Crippen molar-refractivity contribution in [3.8, 4) is 0 Å². The molecule has 21 heavy (non-hydrogen) atoms. The van der Waals surface area contributed by atoms with Crippen molar-refractivity contribution in [3.05, 3.63) is 53.8 Å². The number of ether oxygens (including phenoxy) is 1. The zero-order valence-corrected chi connectivity index (χ0v) is 13.9. The summed E-state index contributed by atoms with van der Waals surface area (Å²) in [4.78, 5) is 0.333. The highest BCUT2D eigenvalue weighted by molar-refractivity contribution is 7.91. The molecule has 0 saturated carbocycles. The number of benzene rings is 1. The number of allylic oxidation sites excluding steroid dienone is 1. The Hall–Kier alpha value is -1.55. The summed E-state index contributed by atoms with van der Waals surface area (Å²) in [5.41, 5.74) is 2.07. The van der Waals surface area contributed by atoms with Gasteiger partial charge < -0.3 is 4.74 Å². The van der Waals surface area contributed by atoms with Gasteiger partial charge in [-0.3, -0.25) is 0 Å². The number of rotatable bonds is 8. The van der Waals surface area contributed by atoms with Gasteiger partial charge in [-0.2, -0.15) is 0 Å². The molecule has 0 saturated heterocycles. The highest BCUT2D eigenvalue weighted by Gasteiger charge is 2.19. The van der Waals surface area contributed by atoms with Crippen LogP contribution in [0.5, 0.6) is 0 Å². The molecule has 1 aromatic carbocycles. The molecule has 0 unspecified atom stereocenters. The molecule has 0 N–H and O–H groups in total. The van der Waals surface area contributed by atoms with Crippen molar-refractivity contribution in [2.45, 2.75) is 38.5 Å². The Labute approximate surface area is 128 Å². The topological polar surface area (TPSA) is 43.4 Å². The van der Waals surface area contributed by atoms with Crippen LogP contribution in [0.25, 0.3) is 0 Å². The molecule has 0 atom stereocenters. The van der Waals surface area contributed by atoms with Crippen LogP contribution in [0.4, 0.5) is 0 Å². The van der Waals surface area contributed by atoms with Gasteiger partial charge >= 0.3 is 0 Å². The fourth-order valence-corrected chi connectivity index (χ4v) is 3.40. The first-order valence-electron chi connectivity index (χ1n) is 7.18. The van der Waals surface area contributed by atoms with Crippen LogP contribution < -0.4 is 0 Å². The Morgan fingerprint density at radius 2 is 1.76 bits per heavy atom. The van der Waals surface area contributed by atoms with Crippen molar-refractivity contribution in [1.29, 1.82) is 0 Å². The Kier molecular flexibility index (Phi) is 6.69. The monoisotopic (exact) mass is 308 g/mol. The summed E-state index contributed by atoms with van der Waals surface area (Å²) in [6.07, 6.45) is 3.19. The van der Waals surface area contributed by atoms with E-state index >= 15 is 0 Å². The maximum Gasteiger partial charge on any atom is 0.185 e. The predicted molar refractivity (Wildman–Crippen MR) is 87.0 cm³/mol. The van der Waals surface area contributed by atoms with E-state index in [9.17, 15) is 8.42 Å². The lowest BCUT2D eigenvalue weighted by Crippen LogP contribution is -2.13. The van der Waals surface area contributed by atoms with E-state index in [0.29, 0.717) is 17.3 Å². The maximum atomic E-state index is 12.5. The molecule has 3 nitrogen and oxygen atoms in total. The highest BCUT2D eigenvalue weighted by Crippen LogP contribution is 2.20. The smallest absolute Gasteiger partial charge is 0.185 e. The first kappa shape index (κ1) is 17.5. The largest absolute Gasteiger partial charge is 0.493 e. The molecule has 4 heteroatoms. The summed E-state index contributed by atoms with van der Waals surface area (Å²) in [6, 6.07) is 6.91. The van der Waals surface area contributed by atoms with Gasteiger partial charge in [0.25, 0.3) is 0 Å². The molecule has 1 aromatic rings. The van der Waals surface area contributed by atoms with Gasteiger partial charge in [0.05, 0.1) is 4.90 Å². The number of sulfone groups is 1. The molecule has 0 radical (unpaired) electrons. The van der Waals surface area contributed by atoms with Gasteiger partial charge in [-0.25, -0.2) is 8.42 Å². The van der Waals surface area contributed by atoms with Crippen LogP contribution in [0.2, 0.25) is 0 Å². The fourth-order valence-electron chi connectivity index (χ4n) is 2.05. The molecule has 0 spiro atoms. The number of aryl methyl sites for hydroxylation is 1. The van der Waals surface area contributed by atoms with Crippen LogP contribution in [0.1, 0.15) is 32.3 Å². The third kappa shape index (κ3) is 5.05. The van der Waals surface area contributed by atoms with E-state index in [1.807, 2.05) is 20.8 Å². The SMILES string of the molecule is C=CCOC(CS(=O)(=O)c1ccc(C)cc1)=C(CC)CC. The van der Waals surface area contributed by atoms with Crippen molar-refractivity contribution in [3.63, 3.8) is 0 Å². The van der Waals surface area contributed by atoms with E-state index in [1.54, 1.807) is 30.3 Å². The minimum Gasteiger partial charge on any atom is -0.493 e. The molecule has 0 fully saturated rings. The molecular formula is C17H24O3S. The second-order valence-electron chi connectivity index (χ2n) is 4.91. The molecule has 0 amide bonds. The van der Waals surface area contributed by atoms with Gasteiger partial charge in [0.1, 0.15) is 18.1 Å². The van der Waals surface area contributed by atoms with E-state index in [2.05, 4.69) is 6.58 Å². The Balaban J connectivity index is 3.09. The average Bonchev–Trinajstić information content (AvgIpc) is 2.46. The lowest BCUT2D eigenvalue weighted by molar-refractivity contribution is 0.245. The summed E-state index contributed by atoms with van der Waals surface area (Å²) >= 11 is 0. The van der Waals surface area contributed by atoms with Crippen LogP contribution in [-0.4, -0.2) is 20.8 Å². The van der Waals surface area contributed by atoms with Gasteiger partial charge in [0.15, 0.2) is 9.84 Å². The zero-order chi connectivity index (χ0) is 15.9. The summed E-state index contributed by atoms with van der Waals surface area (Å²) in [7, 11) is -3.39. The van der Waals surface area contributed by atoms with E-state index in [1.165, 1.54) is 0 Å². The standard InChI is InChI=1S/C17H24O3S/c1-5-12-20-17(15(6-2)7-3)13-21(18,19)16-10-8-14(4)9-11-16/h5,8-11H,1,6-7,12-13H2,2-4H3. The molecule has 116 valence electrons. The molecular weight excluding hydrogens is 284 g/mol. The molecule has 0 aliphatic rings. The molecule has 0 aliphatic heterocycles. The second-order valence-corrected chi connectivity index (χ2v) is 6.90. The Bertz CT molecular complexity index is 589. The minimum absolute atomic E-state index is 0.0963. The third-order valence-corrected chi connectivity index (χ3v) is 4.96. The van der Waals surface area contributed by atoms with Gasteiger partial charge in [-0.05, 0) is 37.5 Å². The molecule has 0 heterocycles. The van der Waals surface area contributed by atoms with Crippen molar-refractivity contribution < 1.29 is 13.2 Å². The molecule has 1 rings (SSSR count). The first-order chi connectivity index (χ1) is 9.94. The van der Waals surface area contributed by atoms with Crippen LogP contribution in [0.3, 0.4) is 0 Å². The van der Waals surface area contributed by atoms with Gasteiger partial charge in [-0.15, -0.1) is 0 Å².